The number of nitrogens with zero attached hydrogens (tertiary/aromatic N) is 3. The summed E-state index contributed by atoms with van der Waals surface area (Å²) in [5, 5.41) is 7.14. The average Bonchev–Trinajstić information content (AvgIpc) is 2.97. The molecule has 0 bridgehead atoms. The third-order valence-corrected chi connectivity index (χ3v) is 3.21. The molecule has 19 heavy (non-hydrogen) atoms. The SMILES string of the molecule is Cc1nc2c(C)cc(NC(=O)C3CCCO3)cn2n1. The van der Waals surface area contributed by atoms with E-state index in [-0.39, 0.29) is 12.0 Å². The van der Waals surface area contributed by atoms with Gasteiger partial charge in [-0.1, -0.05) is 0 Å². The number of aryl methyl sites for hydroxylation is 2. The molecule has 0 radical (unpaired) electrons. The molecule has 2 aromatic rings. The minimum absolute atomic E-state index is 0.0897. The lowest BCUT2D eigenvalue weighted by Gasteiger charge is -2.11. The van der Waals surface area contributed by atoms with Gasteiger partial charge in [-0.15, -0.1) is 0 Å². The van der Waals surface area contributed by atoms with E-state index in [1.165, 1.54) is 0 Å². The predicted molar refractivity (Wildman–Crippen MR) is 70.1 cm³/mol. The van der Waals surface area contributed by atoms with Gasteiger partial charge in [-0.3, -0.25) is 4.79 Å². The van der Waals surface area contributed by atoms with Crippen molar-refractivity contribution in [1.82, 2.24) is 14.6 Å². The first-order valence-electron chi connectivity index (χ1n) is 6.39. The molecule has 2 aromatic heterocycles. The fraction of sp³-hybridized carbons (Fsp3) is 0.462. The number of rotatable bonds is 2. The van der Waals surface area contributed by atoms with Gasteiger partial charge >= 0.3 is 0 Å². The van der Waals surface area contributed by atoms with E-state index in [0.29, 0.717) is 12.4 Å². The number of hydrogen-bond acceptors (Lipinski definition) is 4. The first-order valence-corrected chi connectivity index (χ1v) is 6.39. The number of carbonyl (C=O) groups is 1. The Hall–Kier alpha value is -1.95. The van der Waals surface area contributed by atoms with Gasteiger partial charge in [0, 0.05) is 6.61 Å². The molecule has 1 aliphatic rings. The van der Waals surface area contributed by atoms with E-state index in [4.69, 9.17) is 4.74 Å². The zero-order valence-electron chi connectivity index (χ0n) is 11.0. The molecule has 6 nitrogen and oxygen atoms in total. The third-order valence-electron chi connectivity index (χ3n) is 3.21. The molecular formula is C13H16N4O2. The van der Waals surface area contributed by atoms with Crippen molar-refractivity contribution in [3.63, 3.8) is 0 Å². The normalized spacial score (nSPS) is 18.9. The molecule has 1 aliphatic heterocycles. The average molecular weight is 260 g/mol. The van der Waals surface area contributed by atoms with Crippen LogP contribution in [0.5, 0.6) is 0 Å². The van der Waals surface area contributed by atoms with Crippen LogP contribution in [0.4, 0.5) is 5.69 Å². The number of nitrogens with one attached hydrogen (secondary N) is 1. The van der Waals surface area contributed by atoms with Crippen molar-refractivity contribution in [1.29, 1.82) is 0 Å². The molecule has 3 heterocycles. The summed E-state index contributed by atoms with van der Waals surface area (Å²) in [7, 11) is 0. The van der Waals surface area contributed by atoms with Crippen LogP contribution in [0.2, 0.25) is 0 Å². The van der Waals surface area contributed by atoms with Gasteiger partial charge in [-0.2, -0.15) is 5.10 Å². The molecule has 3 rings (SSSR count). The van der Waals surface area contributed by atoms with E-state index in [1.807, 2.05) is 19.9 Å². The van der Waals surface area contributed by atoms with Gasteiger partial charge < -0.3 is 10.1 Å². The second-order valence-electron chi connectivity index (χ2n) is 4.83. The van der Waals surface area contributed by atoms with E-state index < -0.39 is 0 Å². The maximum Gasteiger partial charge on any atom is 0.253 e. The molecule has 0 saturated carbocycles. The van der Waals surface area contributed by atoms with Gasteiger partial charge in [0.15, 0.2) is 5.65 Å². The van der Waals surface area contributed by atoms with E-state index >= 15 is 0 Å². The summed E-state index contributed by atoms with van der Waals surface area (Å²) < 4.78 is 7.05. The summed E-state index contributed by atoms with van der Waals surface area (Å²) in [6.07, 6.45) is 3.18. The van der Waals surface area contributed by atoms with Crippen LogP contribution < -0.4 is 5.32 Å². The number of anilines is 1. The largest absolute Gasteiger partial charge is 0.368 e. The van der Waals surface area contributed by atoms with E-state index in [9.17, 15) is 4.79 Å². The Morgan fingerprint density at radius 2 is 2.37 bits per heavy atom. The second kappa shape index (κ2) is 4.62. The highest BCUT2D eigenvalue weighted by atomic mass is 16.5. The first-order chi connectivity index (χ1) is 9.13. The lowest BCUT2D eigenvalue weighted by Crippen LogP contribution is -2.27. The zero-order chi connectivity index (χ0) is 13.4. The molecule has 1 unspecified atom stereocenters. The lowest BCUT2D eigenvalue weighted by molar-refractivity contribution is -0.124. The topological polar surface area (TPSA) is 68.5 Å². The van der Waals surface area contributed by atoms with Crippen LogP contribution in [0, 0.1) is 13.8 Å². The van der Waals surface area contributed by atoms with Crippen LogP contribution in [0.1, 0.15) is 24.2 Å². The molecule has 0 aromatic carbocycles. The van der Waals surface area contributed by atoms with Crippen molar-refractivity contribution in [3.05, 3.63) is 23.7 Å². The third kappa shape index (κ3) is 2.31. The summed E-state index contributed by atoms with van der Waals surface area (Å²) in [4.78, 5) is 16.3. The Morgan fingerprint density at radius 3 is 3.11 bits per heavy atom. The van der Waals surface area contributed by atoms with Crippen LogP contribution in [0.15, 0.2) is 12.3 Å². The van der Waals surface area contributed by atoms with Crippen molar-refractivity contribution >= 4 is 17.2 Å². The first kappa shape index (κ1) is 12.1. The fourth-order valence-corrected chi connectivity index (χ4v) is 2.33. The number of hydrogen-bond donors (Lipinski definition) is 1. The molecular weight excluding hydrogens is 244 g/mol. The van der Waals surface area contributed by atoms with Crippen molar-refractivity contribution in [2.45, 2.75) is 32.8 Å². The predicted octanol–water partition coefficient (Wildman–Crippen LogP) is 1.46. The standard InChI is InChI=1S/C13H16N4O2/c1-8-6-10(7-17-12(8)14-9(2)16-17)15-13(18)11-4-3-5-19-11/h6-7,11H,3-5H2,1-2H3,(H,15,18). The summed E-state index contributed by atoms with van der Waals surface area (Å²) in [6, 6.07) is 1.90. The van der Waals surface area contributed by atoms with Crippen LogP contribution >= 0.6 is 0 Å². The van der Waals surface area contributed by atoms with Gasteiger partial charge in [0.2, 0.25) is 0 Å². The van der Waals surface area contributed by atoms with Gasteiger partial charge in [-0.05, 0) is 38.3 Å². The molecule has 1 amide bonds. The van der Waals surface area contributed by atoms with Gasteiger partial charge in [0.25, 0.3) is 5.91 Å². The van der Waals surface area contributed by atoms with E-state index in [0.717, 1.165) is 29.7 Å². The molecule has 1 fully saturated rings. The number of aromatic nitrogens is 3. The van der Waals surface area contributed by atoms with Crippen LogP contribution in [0.25, 0.3) is 5.65 Å². The Morgan fingerprint density at radius 1 is 1.53 bits per heavy atom. The van der Waals surface area contributed by atoms with Gasteiger partial charge in [-0.25, -0.2) is 9.50 Å². The maximum atomic E-state index is 12.0. The molecule has 1 saturated heterocycles. The second-order valence-corrected chi connectivity index (χ2v) is 4.83. The summed E-state index contributed by atoms with van der Waals surface area (Å²) >= 11 is 0. The number of fused-ring (bicyclic) bond motifs is 1. The van der Waals surface area contributed by atoms with Crippen LogP contribution in [-0.2, 0) is 9.53 Å². The molecule has 6 heteroatoms. The van der Waals surface area contributed by atoms with E-state index in [1.54, 1.807) is 10.7 Å². The summed E-state index contributed by atoms with van der Waals surface area (Å²) in [5.74, 6) is 0.624. The Balaban J connectivity index is 1.86. The number of amides is 1. The molecule has 0 aliphatic carbocycles. The maximum absolute atomic E-state index is 12.0. The fourth-order valence-electron chi connectivity index (χ4n) is 2.33. The molecule has 1 atom stereocenters. The van der Waals surface area contributed by atoms with Gasteiger partial charge in [0.1, 0.15) is 11.9 Å². The van der Waals surface area contributed by atoms with Crippen molar-refractivity contribution in [3.8, 4) is 0 Å². The Kier molecular flexibility index (Phi) is 2.94. The number of carbonyl (C=O) groups excluding carboxylic acids is 1. The van der Waals surface area contributed by atoms with Gasteiger partial charge in [0.05, 0.1) is 11.9 Å². The lowest BCUT2D eigenvalue weighted by atomic mass is 10.2. The highest BCUT2D eigenvalue weighted by molar-refractivity contribution is 5.94. The Bertz CT molecular complexity index is 629. The molecule has 1 N–H and O–H groups in total. The minimum atomic E-state index is -0.325. The molecule has 100 valence electrons. The molecule has 0 spiro atoms. The zero-order valence-corrected chi connectivity index (χ0v) is 11.0. The monoisotopic (exact) mass is 260 g/mol. The highest BCUT2D eigenvalue weighted by Crippen LogP contribution is 2.18. The number of ether oxygens (including phenoxy) is 1. The summed E-state index contributed by atoms with van der Waals surface area (Å²) in [6.45, 7) is 4.46. The van der Waals surface area contributed by atoms with E-state index in [2.05, 4.69) is 15.4 Å². The quantitative estimate of drug-likeness (QED) is 0.887. The Labute approximate surface area is 110 Å². The smallest absolute Gasteiger partial charge is 0.253 e. The number of pyridine rings is 1. The van der Waals surface area contributed by atoms with Crippen molar-refractivity contribution in [2.75, 3.05) is 11.9 Å². The van der Waals surface area contributed by atoms with Crippen molar-refractivity contribution < 1.29 is 9.53 Å². The van der Waals surface area contributed by atoms with Crippen LogP contribution in [0.3, 0.4) is 0 Å². The van der Waals surface area contributed by atoms with Crippen LogP contribution in [-0.4, -0.2) is 33.2 Å². The highest BCUT2D eigenvalue weighted by Gasteiger charge is 2.23. The summed E-state index contributed by atoms with van der Waals surface area (Å²) in [5.41, 5.74) is 2.51. The minimum Gasteiger partial charge on any atom is -0.368 e. The van der Waals surface area contributed by atoms with Crippen molar-refractivity contribution in [2.24, 2.45) is 0 Å².